The molecule has 1 spiro atoms. The summed E-state index contributed by atoms with van der Waals surface area (Å²) < 4.78 is 32.6. The number of fused-ring (bicyclic) bond motifs is 5. The number of esters is 1. The van der Waals surface area contributed by atoms with Gasteiger partial charge in [0.05, 0.1) is 42.5 Å². The summed E-state index contributed by atoms with van der Waals surface area (Å²) in [4.78, 5) is 12.9. The van der Waals surface area contributed by atoms with E-state index in [0.717, 1.165) is 45.4 Å². The van der Waals surface area contributed by atoms with E-state index in [-0.39, 0.29) is 58.8 Å². The smallest absolute Gasteiger partial charge is 0.309 e. The van der Waals surface area contributed by atoms with Crippen LogP contribution in [-0.2, 0) is 28.5 Å². The van der Waals surface area contributed by atoms with Crippen LogP contribution in [-0.4, -0.2) is 80.3 Å². The molecule has 5 aliphatic carbocycles. The van der Waals surface area contributed by atoms with Gasteiger partial charge in [-0.25, -0.2) is 0 Å². The number of carbonyl (C=O) groups is 1. The Morgan fingerprint density at radius 2 is 1.81 bits per heavy atom. The fraction of sp³-hybridized carbons (Fsp3) is 0.974. The van der Waals surface area contributed by atoms with Gasteiger partial charge >= 0.3 is 5.97 Å². The van der Waals surface area contributed by atoms with Gasteiger partial charge in [0.1, 0.15) is 0 Å². The van der Waals surface area contributed by atoms with Crippen molar-refractivity contribution >= 4 is 5.97 Å². The van der Waals surface area contributed by atoms with Crippen LogP contribution in [0.3, 0.4) is 0 Å². The van der Waals surface area contributed by atoms with Crippen molar-refractivity contribution in [2.45, 2.75) is 162 Å². The molecule has 2 saturated heterocycles. The molecule has 2 aliphatic heterocycles. The highest BCUT2D eigenvalue weighted by molar-refractivity contribution is 5.75. The van der Waals surface area contributed by atoms with Crippen molar-refractivity contribution in [3.63, 3.8) is 0 Å². The highest BCUT2D eigenvalue weighted by Crippen LogP contribution is 2.73. The van der Waals surface area contributed by atoms with Gasteiger partial charge in [-0.05, 0) is 118 Å². The number of hydrogen-bond donors (Lipinski definition) is 2. The molecule has 13 unspecified atom stereocenters. The SMILES string of the molecule is COC1C2OC(C(OC(=O)C3CC3)C(C)(C)O)CC(C)C2C2(C)CCCC34CCC(OC5CNCCO5)C(C)(C)C3CCC(C4)C12C. The lowest BCUT2D eigenvalue weighted by Gasteiger charge is -2.64. The zero-order valence-electron chi connectivity index (χ0n) is 30.6. The number of carbonyl (C=O) groups excluding carboxylic acids is 1. The van der Waals surface area contributed by atoms with Crippen LogP contribution < -0.4 is 5.32 Å². The third kappa shape index (κ3) is 5.57. The molecular weight excluding hydrogens is 594 g/mol. The predicted octanol–water partition coefficient (Wildman–Crippen LogP) is 6.27. The number of aliphatic hydroxyl groups is 1. The van der Waals surface area contributed by atoms with E-state index in [2.05, 4.69) is 39.9 Å². The van der Waals surface area contributed by atoms with Crippen LogP contribution in [0.4, 0.5) is 0 Å². The summed E-state index contributed by atoms with van der Waals surface area (Å²) in [6.45, 7) is 18.4. The number of methoxy groups -OCH3 is 1. The van der Waals surface area contributed by atoms with Gasteiger partial charge in [-0.2, -0.15) is 0 Å². The average molecular weight is 660 g/mol. The lowest BCUT2D eigenvalue weighted by Crippen LogP contribution is -2.60. The molecule has 13 atom stereocenters. The molecule has 0 amide bonds. The highest BCUT2D eigenvalue weighted by Gasteiger charge is 2.72. The Morgan fingerprint density at radius 1 is 1.04 bits per heavy atom. The normalized spacial score (nSPS) is 48.7. The fourth-order valence-corrected chi connectivity index (χ4v) is 13.0. The maximum absolute atomic E-state index is 12.9. The molecule has 47 heavy (non-hydrogen) atoms. The van der Waals surface area contributed by atoms with Crippen LogP contribution in [0.2, 0.25) is 0 Å². The van der Waals surface area contributed by atoms with Gasteiger partial charge in [-0.15, -0.1) is 0 Å². The van der Waals surface area contributed by atoms with Gasteiger partial charge in [0.2, 0.25) is 0 Å². The maximum atomic E-state index is 12.9. The maximum Gasteiger partial charge on any atom is 0.309 e. The summed E-state index contributed by atoms with van der Waals surface area (Å²) in [6, 6.07) is 0. The van der Waals surface area contributed by atoms with E-state index in [0.29, 0.717) is 29.1 Å². The van der Waals surface area contributed by atoms with E-state index in [9.17, 15) is 9.90 Å². The minimum Gasteiger partial charge on any atom is -0.456 e. The van der Waals surface area contributed by atoms with Gasteiger partial charge in [0, 0.05) is 25.6 Å². The van der Waals surface area contributed by atoms with Crippen LogP contribution in [0, 0.1) is 51.2 Å². The van der Waals surface area contributed by atoms with Crippen molar-refractivity contribution in [3.05, 3.63) is 0 Å². The van der Waals surface area contributed by atoms with Crippen molar-refractivity contribution in [1.82, 2.24) is 5.32 Å². The summed E-state index contributed by atoms with van der Waals surface area (Å²) >= 11 is 0. The molecule has 0 aromatic carbocycles. The minimum atomic E-state index is -1.20. The quantitative estimate of drug-likeness (QED) is 0.309. The molecule has 2 N–H and O–H groups in total. The Hall–Kier alpha value is -0.770. The fourth-order valence-electron chi connectivity index (χ4n) is 13.0. The second kappa shape index (κ2) is 12.2. The number of nitrogens with one attached hydrogen (secondary N) is 1. The van der Waals surface area contributed by atoms with E-state index >= 15 is 0 Å². The van der Waals surface area contributed by atoms with E-state index in [4.69, 9.17) is 23.7 Å². The standard InChI is InChI=1S/C39H65NO7/c1-23-20-26(32(36(4,5)42)47-34(41)24-10-11-24)45-31-30(23)37(6)15-9-16-39-17-14-28(46-29-22-40-18-19-44-29)35(2,3)27(39)13-12-25(21-39)38(37,7)33(31)43-8/h23-33,40,42H,9-22H2,1-8H3. The number of hydrogen-bond acceptors (Lipinski definition) is 8. The van der Waals surface area contributed by atoms with Crippen molar-refractivity contribution in [2.24, 2.45) is 51.2 Å². The van der Waals surface area contributed by atoms with E-state index in [1.54, 1.807) is 13.8 Å². The second-order valence-corrected chi connectivity index (χ2v) is 18.8. The van der Waals surface area contributed by atoms with Gasteiger partial charge in [-0.3, -0.25) is 4.79 Å². The molecule has 8 nitrogen and oxygen atoms in total. The summed E-state index contributed by atoms with van der Waals surface area (Å²) in [6.07, 6.45) is 11.2. The lowest BCUT2D eigenvalue weighted by atomic mass is 9.41. The van der Waals surface area contributed by atoms with Crippen molar-refractivity contribution in [3.8, 4) is 0 Å². The average Bonchev–Trinajstić information content (AvgIpc) is 3.84. The largest absolute Gasteiger partial charge is 0.456 e. The first-order valence-electron chi connectivity index (χ1n) is 19.2. The molecular formula is C39H65NO7. The summed E-state index contributed by atoms with van der Waals surface area (Å²) in [5.74, 6) is 1.69. The molecule has 268 valence electrons. The molecule has 8 heteroatoms. The lowest BCUT2D eigenvalue weighted by molar-refractivity contribution is -0.244. The Kier molecular flexibility index (Phi) is 8.98. The zero-order chi connectivity index (χ0) is 33.6. The van der Waals surface area contributed by atoms with Crippen molar-refractivity contribution in [2.75, 3.05) is 26.8 Å². The first-order chi connectivity index (χ1) is 22.2. The molecule has 2 bridgehead atoms. The molecule has 7 fully saturated rings. The zero-order valence-corrected chi connectivity index (χ0v) is 30.6. The number of ether oxygens (including phenoxy) is 5. The van der Waals surface area contributed by atoms with Crippen molar-refractivity contribution in [1.29, 1.82) is 0 Å². The molecule has 0 aromatic heterocycles. The summed E-state index contributed by atoms with van der Waals surface area (Å²) in [7, 11) is 1.89. The third-order valence-corrected chi connectivity index (χ3v) is 15.5. The predicted molar refractivity (Wildman–Crippen MR) is 179 cm³/mol. The second-order valence-electron chi connectivity index (χ2n) is 18.8. The molecule has 2 heterocycles. The molecule has 0 radical (unpaired) electrons. The first-order valence-corrected chi connectivity index (χ1v) is 19.2. The molecule has 7 aliphatic rings. The Morgan fingerprint density at radius 3 is 2.47 bits per heavy atom. The summed E-state index contributed by atoms with van der Waals surface area (Å²) in [5.41, 5.74) is -0.762. The minimum absolute atomic E-state index is 0.0216. The van der Waals surface area contributed by atoms with Gasteiger partial charge in [-0.1, -0.05) is 41.0 Å². The van der Waals surface area contributed by atoms with E-state index in [1.165, 1.54) is 44.9 Å². The monoisotopic (exact) mass is 659 g/mol. The summed E-state index contributed by atoms with van der Waals surface area (Å²) in [5, 5.41) is 14.7. The van der Waals surface area contributed by atoms with Gasteiger partial charge in [0.25, 0.3) is 0 Å². The van der Waals surface area contributed by atoms with Crippen LogP contribution in [0.5, 0.6) is 0 Å². The topological polar surface area (TPSA) is 95.5 Å². The Balaban J connectivity index is 1.16. The third-order valence-electron chi connectivity index (χ3n) is 15.5. The Labute approximate surface area is 284 Å². The van der Waals surface area contributed by atoms with Crippen LogP contribution in [0.25, 0.3) is 0 Å². The van der Waals surface area contributed by atoms with E-state index in [1.807, 2.05) is 7.11 Å². The molecule has 5 saturated carbocycles. The first kappa shape index (κ1) is 34.7. The van der Waals surface area contributed by atoms with Gasteiger partial charge < -0.3 is 34.1 Å². The highest BCUT2D eigenvalue weighted by atomic mass is 16.7. The Bertz CT molecular complexity index is 1160. The van der Waals surface area contributed by atoms with Crippen LogP contribution in [0.1, 0.15) is 119 Å². The van der Waals surface area contributed by atoms with Gasteiger partial charge in [0.15, 0.2) is 12.4 Å². The van der Waals surface area contributed by atoms with Crippen LogP contribution in [0.15, 0.2) is 0 Å². The molecule has 0 aromatic rings. The molecule has 7 rings (SSSR count). The van der Waals surface area contributed by atoms with E-state index < -0.39 is 11.7 Å². The number of morpholine rings is 1. The van der Waals surface area contributed by atoms with Crippen LogP contribution >= 0.6 is 0 Å². The van der Waals surface area contributed by atoms with Crippen molar-refractivity contribution < 1.29 is 33.6 Å². The number of rotatable bonds is 7.